The second kappa shape index (κ2) is 8.59. The quantitative estimate of drug-likeness (QED) is 0.326. The maximum absolute atomic E-state index is 13.1. The van der Waals surface area contributed by atoms with Crippen LogP contribution in [0.1, 0.15) is 28.1 Å². The molecule has 12 nitrogen and oxygen atoms in total. The lowest BCUT2D eigenvalue weighted by Gasteiger charge is -2.26. The zero-order valence-corrected chi connectivity index (χ0v) is 19.6. The van der Waals surface area contributed by atoms with E-state index in [0.717, 1.165) is 5.56 Å². The largest absolute Gasteiger partial charge is 0.497 e. The first-order valence-corrected chi connectivity index (χ1v) is 11.5. The number of urea groups is 1. The molecule has 0 spiro atoms. The Kier molecular flexibility index (Phi) is 5.21. The van der Waals surface area contributed by atoms with E-state index in [9.17, 15) is 14.4 Å². The van der Waals surface area contributed by atoms with E-state index in [1.54, 1.807) is 60.9 Å². The van der Waals surface area contributed by atoms with Gasteiger partial charge in [0.2, 0.25) is 0 Å². The van der Waals surface area contributed by atoms with Gasteiger partial charge in [-0.3, -0.25) is 19.9 Å². The van der Waals surface area contributed by atoms with E-state index >= 15 is 0 Å². The second-order valence-corrected chi connectivity index (χ2v) is 8.72. The fourth-order valence-electron chi connectivity index (χ4n) is 4.61. The lowest BCUT2D eigenvalue weighted by molar-refractivity contribution is -0.125. The van der Waals surface area contributed by atoms with Gasteiger partial charge in [0.1, 0.15) is 28.7 Å². The van der Waals surface area contributed by atoms with Gasteiger partial charge in [0.05, 0.1) is 13.3 Å². The van der Waals surface area contributed by atoms with Crippen molar-refractivity contribution in [3.63, 3.8) is 0 Å². The molecule has 186 valence electrons. The number of imide groups is 1. The highest BCUT2D eigenvalue weighted by atomic mass is 16.5. The third kappa shape index (κ3) is 3.88. The van der Waals surface area contributed by atoms with Gasteiger partial charge in [0.15, 0.2) is 11.1 Å². The number of rotatable bonds is 7. The molecular weight excluding hydrogens is 478 g/mol. The average molecular weight is 499 g/mol. The van der Waals surface area contributed by atoms with E-state index < -0.39 is 17.5 Å². The fourth-order valence-corrected chi connectivity index (χ4v) is 4.61. The van der Waals surface area contributed by atoms with Gasteiger partial charge in [-0.25, -0.2) is 14.8 Å². The summed E-state index contributed by atoms with van der Waals surface area (Å²) in [6, 6.07) is 9.76. The van der Waals surface area contributed by atoms with Gasteiger partial charge in [-0.1, -0.05) is 6.07 Å². The summed E-state index contributed by atoms with van der Waals surface area (Å²) in [7, 11) is 1.54. The number of benzene rings is 1. The first kappa shape index (κ1) is 22.5. The summed E-state index contributed by atoms with van der Waals surface area (Å²) in [5.74, 6) is 1.12. The number of hydrogen-bond acceptors (Lipinski definition) is 9. The summed E-state index contributed by atoms with van der Waals surface area (Å²) in [6.07, 6.45) is 4.79. The Bertz CT molecular complexity index is 1550. The summed E-state index contributed by atoms with van der Waals surface area (Å²) in [5, 5.41) is 8.07. The Morgan fingerprint density at radius 2 is 2.03 bits per heavy atom. The number of fused-ring (bicyclic) bond motifs is 2. The van der Waals surface area contributed by atoms with Crippen molar-refractivity contribution in [1.29, 1.82) is 0 Å². The van der Waals surface area contributed by atoms with Crippen LogP contribution in [0, 0.1) is 0 Å². The van der Waals surface area contributed by atoms with E-state index in [-0.39, 0.29) is 24.6 Å². The molecule has 1 fully saturated rings. The standard InChI is InChI=1S/C25H21N7O5/c1-36-15-3-2-14-13-32(22(33)16(14)10-15)9-6-25(23(34)30-24(35)31-25)19-11-17-18(37-19)4-5-20(28-17)29-21-12-26-7-8-27-21/h2-5,7-8,10-12H,6,9,13H2,1H3,(H,27,28,29)(H2,30,31,34,35). The van der Waals surface area contributed by atoms with Crippen LogP contribution in [0.3, 0.4) is 0 Å². The van der Waals surface area contributed by atoms with Crippen LogP contribution in [0.4, 0.5) is 16.4 Å². The Morgan fingerprint density at radius 3 is 2.78 bits per heavy atom. The number of aromatic nitrogens is 3. The number of carbonyl (C=O) groups excluding carboxylic acids is 3. The zero-order chi connectivity index (χ0) is 25.6. The molecule has 1 unspecified atom stereocenters. The van der Waals surface area contributed by atoms with Gasteiger partial charge in [0, 0.05) is 43.5 Å². The SMILES string of the molecule is COc1ccc2c(c1)C(=O)N(CCC1(c3cc4nc(Nc5cnccn5)ccc4o3)NC(=O)NC1=O)C2. The molecule has 5 heterocycles. The molecule has 12 heteroatoms. The van der Waals surface area contributed by atoms with Crippen molar-refractivity contribution in [2.45, 2.75) is 18.5 Å². The van der Waals surface area contributed by atoms with Gasteiger partial charge in [-0.05, 0) is 29.8 Å². The van der Waals surface area contributed by atoms with E-state index in [0.29, 0.717) is 40.6 Å². The minimum absolute atomic E-state index is 0.103. The summed E-state index contributed by atoms with van der Waals surface area (Å²) >= 11 is 0. The molecule has 4 aromatic rings. The highest BCUT2D eigenvalue weighted by Gasteiger charge is 2.50. The number of methoxy groups -OCH3 is 1. The molecular formula is C25H21N7O5. The minimum Gasteiger partial charge on any atom is -0.497 e. The van der Waals surface area contributed by atoms with Crippen LogP contribution in [-0.4, -0.2) is 51.4 Å². The average Bonchev–Trinajstić information content (AvgIpc) is 3.56. The van der Waals surface area contributed by atoms with Crippen LogP contribution in [0.15, 0.2) is 59.4 Å². The lowest BCUT2D eigenvalue weighted by Crippen LogP contribution is -2.46. The summed E-state index contributed by atoms with van der Waals surface area (Å²) in [6.45, 7) is 0.594. The fraction of sp³-hybridized carbons (Fsp3) is 0.200. The predicted octanol–water partition coefficient (Wildman–Crippen LogP) is 2.45. The van der Waals surface area contributed by atoms with Gasteiger partial charge in [-0.2, -0.15) is 0 Å². The minimum atomic E-state index is -1.50. The van der Waals surface area contributed by atoms with Crippen molar-refractivity contribution in [2.75, 3.05) is 19.0 Å². The molecule has 1 atom stereocenters. The van der Waals surface area contributed by atoms with Crippen LogP contribution in [0.5, 0.6) is 5.75 Å². The molecule has 37 heavy (non-hydrogen) atoms. The van der Waals surface area contributed by atoms with Gasteiger partial charge >= 0.3 is 6.03 Å². The normalized spacial score (nSPS) is 18.6. The zero-order valence-electron chi connectivity index (χ0n) is 19.6. The molecule has 4 amide bonds. The third-order valence-corrected chi connectivity index (χ3v) is 6.51. The van der Waals surface area contributed by atoms with Crippen LogP contribution in [0.2, 0.25) is 0 Å². The van der Waals surface area contributed by atoms with Crippen molar-refractivity contribution >= 4 is 40.6 Å². The number of anilines is 2. The molecule has 1 aromatic carbocycles. The van der Waals surface area contributed by atoms with Gasteiger partial charge in [-0.15, -0.1) is 0 Å². The summed E-state index contributed by atoms with van der Waals surface area (Å²) in [4.78, 5) is 52.6. The smallest absolute Gasteiger partial charge is 0.322 e. The number of ether oxygens (including phenoxy) is 1. The Labute approximate surface area is 210 Å². The van der Waals surface area contributed by atoms with Crippen LogP contribution >= 0.6 is 0 Å². The van der Waals surface area contributed by atoms with Gasteiger partial charge < -0.3 is 24.7 Å². The predicted molar refractivity (Wildman–Crippen MR) is 130 cm³/mol. The molecule has 3 aromatic heterocycles. The first-order valence-electron chi connectivity index (χ1n) is 11.5. The number of hydrogen-bond donors (Lipinski definition) is 3. The lowest BCUT2D eigenvalue weighted by atomic mass is 9.92. The number of furan rings is 1. The molecule has 1 saturated heterocycles. The van der Waals surface area contributed by atoms with Crippen molar-refractivity contribution in [3.05, 3.63) is 71.9 Å². The number of amides is 4. The van der Waals surface area contributed by atoms with Crippen molar-refractivity contribution in [3.8, 4) is 5.75 Å². The highest BCUT2D eigenvalue weighted by Crippen LogP contribution is 2.35. The van der Waals surface area contributed by atoms with Crippen LogP contribution in [-0.2, 0) is 16.9 Å². The third-order valence-electron chi connectivity index (χ3n) is 6.51. The number of pyridine rings is 1. The Morgan fingerprint density at radius 1 is 1.14 bits per heavy atom. The van der Waals surface area contributed by atoms with Crippen molar-refractivity contribution < 1.29 is 23.5 Å². The number of nitrogens with zero attached hydrogens (tertiary/aromatic N) is 4. The number of nitrogens with one attached hydrogen (secondary N) is 3. The molecule has 0 radical (unpaired) electrons. The topological polar surface area (TPSA) is 152 Å². The molecule has 0 saturated carbocycles. The molecule has 0 bridgehead atoms. The van der Waals surface area contributed by atoms with E-state index in [2.05, 4.69) is 30.9 Å². The summed E-state index contributed by atoms with van der Waals surface area (Å²) < 4.78 is 11.2. The molecule has 3 N–H and O–H groups in total. The second-order valence-electron chi connectivity index (χ2n) is 8.72. The van der Waals surface area contributed by atoms with Crippen LogP contribution < -0.4 is 20.7 Å². The first-order chi connectivity index (χ1) is 17.9. The maximum atomic E-state index is 13.1. The van der Waals surface area contributed by atoms with Gasteiger partial charge in [0.25, 0.3) is 11.8 Å². The summed E-state index contributed by atoms with van der Waals surface area (Å²) in [5.41, 5.74) is 0.849. The van der Waals surface area contributed by atoms with E-state index in [1.165, 1.54) is 0 Å². The van der Waals surface area contributed by atoms with Crippen molar-refractivity contribution in [2.24, 2.45) is 0 Å². The molecule has 2 aliphatic rings. The molecule has 6 rings (SSSR count). The highest BCUT2D eigenvalue weighted by molar-refractivity contribution is 6.07. The monoisotopic (exact) mass is 499 g/mol. The molecule has 2 aliphatic heterocycles. The number of carbonyl (C=O) groups is 3. The van der Waals surface area contributed by atoms with Crippen LogP contribution in [0.25, 0.3) is 11.1 Å². The van der Waals surface area contributed by atoms with Crippen molar-refractivity contribution in [1.82, 2.24) is 30.5 Å². The van der Waals surface area contributed by atoms with E-state index in [1.807, 2.05) is 6.07 Å². The van der Waals surface area contributed by atoms with E-state index in [4.69, 9.17) is 9.15 Å². The Hall–Kier alpha value is -5.00. The maximum Gasteiger partial charge on any atom is 0.322 e. The molecule has 0 aliphatic carbocycles. The Balaban J connectivity index is 1.27.